The van der Waals surface area contributed by atoms with Gasteiger partial charge >= 0.3 is 0 Å². The van der Waals surface area contributed by atoms with Gasteiger partial charge in [-0.3, -0.25) is 9.78 Å². The van der Waals surface area contributed by atoms with Crippen molar-refractivity contribution < 1.29 is 9.90 Å². The average Bonchev–Trinajstić information content (AvgIpc) is 2.52. The quantitative estimate of drug-likeness (QED) is 0.841. The smallest absolute Gasteiger partial charge is 0.253 e. The number of hydrogen-bond donors (Lipinski definition) is 2. The topological polar surface area (TPSA) is 62.2 Å². The standard InChI is InChI=1S/C17H16N2O2/c1-13-4-9-16(12-18-13)17(21)19-11-15-7-5-14(6-8-15)3-2-10-20/h4-9,12,20H,10-11H2,1H3,(H,19,21). The highest BCUT2D eigenvalue weighted by molar-refractivity contribution is 5.93. The molecule has 2 N–H and O–H groups in total. The summed E-state index contributed by atoms with van der Waals surface area (Å²) in [6.45, 7) is 2.17. The maximum atomic E-state index is 11.9. The highest BCUT2D eigenvalue weighted by Gasteiger charge is 2.05. The Morgan fingerprint density at radius 2 is 2.00 bits per heavy atom. The molecule has 1 aromatic carbocycles. The molecule has 1 amide bonds. The fourth-order valence-electron chi connectivity index (χ4n) is 1.73. The van der Waals surface area contributed by atoms with Gasteiger partial charge < -0.3 is 10.4 Å². The van der Waals surface area contributed by atoms with Crippen LogP contribution in [-0.2, 0) is 6.54 Å². The number of amides is 1. The van der Waals surface area contributed by atoms with Crippen molar-refractivity contribution in [3.05, 3.63) is 65.0 Å². The first-order valence-corrected chi connectivity index (χ1v) is 6.58. The van der Waals surface area contributed by atoms with E-state index in [0.717, 1.165) is 16.8 Å². The molecule has 4 nitrogen and oxygen atoms in total. The number of pyridine rings is 1. The van der Waals surface area contributed by atoms with Crippen molar-refractivity contribution in [2.24, 2.45) is 0 Å². The van der Waals surface area contributed by atoms with E-state index in [1.54, 1.807) is 12.3 Å². The highest BCUT2D eigenvalue weighted by atomic mass is 16.2. The van der Waals surface area contributed by atoms with Crippen LogP contribution in [0.1, 0.15) is 27.2 Å². The first-order valence-electron chi connectivity index (χ1n) is 6.58. The molecule has 1 heterocycles. The molecule has 1 aromatic heterocycles. The predicted octanol–water partition coefficient (Wildman–Crippen LogP) is 1.66. The minimum Gasteiger partial charge on any atom is -0.384 e. The van der Waals surface area contributed by atoms with Crippen LogP contribution < -0.4 is 5.32 Å². The zero-order chi connectivity index (χ0) is 15.1. The molecule has 0 saturated carbocycles. The minimum atomic E-state index is -0.150. The Kier molecular flexibility index (Phi) is 5.08. The molecule has 0 bridgehead atoms. The van der Waals surface area contributed by atoms with Crippen LogP contribution in [-0.4, -0.2) is 22.6 Å². The van der Waals surface area contributed by atoms with E-state index in [1.165, 1.54) is 0 Å². The lowest BCUT2D eigenvalue weighted by molar-refractivity contribution is 0.0950. The summed E-state index contributed by atoms with van der Waals surface area (Å²) in [5.41, 5.74) is 3.25. The van der Waals surface area contributed by atoms with Crippen LogP contribution >= 0.6 is 0 Å². The van der Waals surface area contributed by atoms with E-state index < -0.39 is 0 Å². The van der Waals surface area contributed by atoms with Gasteiger partial charge in [0.15, 0.2) is 0 Å². The molecule has 0 aliphatic rings. The summed E-state index contributed by atoms with van der Waals surface area (Å²) in [6.07, 6.45) is 1.57. The number of aromatic nitrogens is 1. The number of nitrogens with zero attached hydrogens (tertiary/aromatic N) is 1. The number of nitrogens with one attached hydrogen (secondary N) is 1. The zero-order valence-corrected chi connectivity index (χ0v) is 11.8. The maximum Gasteiger partial charge on any atom is 0.253 e. The Labute approximate surface area is 123 Å². The number of rotatable bonds is 3. The Balaban J connectivity index is 1.93. The molecular formula is C17H16N2O2. The van der Waals surface area contributed by atoms with Crippen LogP contribution in [0.3, 0.4) is 0 Å². The highest BCUT2D eigenvalue weighted by Crippen LogP contribution is 2.04. The summed E-state index contributed by atoms with van der Waals surface area (Å²) in [4.78, 5) is 16.0. The Morgan fingerprint density at radius 3 is 2.62 bits per heavy atom. The number of aryl methyl sites for hydroxylation is 1. The SMILES string of the molecule is Cc1ccc(C(=O)NCc2ccc(C#CCO)cc2)cn1. The Bertz CT molecular complexity index is 665. The van der Waals surface area contributed by atoms with Crippen molar-refractivity contribution in [1.29, 1.82) is 0 Å². The lowest BCUT2D eigenvalue weighted by Crippen LogP contribution is -2.22. The Hall–Kier alpha value is -2.64. The number of aliphatic hydroxyl groups excluding tert-OH is 1. The monoisotopic (exact) mass is 280 g/mol. The van der Waals surface area contributed by atoms with E-state index in [2.05, 4.69) is 22.1 Å². The van der Waals surface area contributed by atoms with Crippen LogP contribution in [0.4, 0.5) is 0 Å². The van der Waals surface area contributed by atoms with Gasteiger partial charge in [0, 0.05) is 24.0 Å². The number of aliphatic hydroxyl groups is 1. The van der Waals surface area contributed by atoms with Crippen LogP contribution in [0.15, 0.2) is 42.6 Å². The van der Waals surface area contributed by atoms with Crippen molar-refractivity contribution in [1.82, 2.24) is 10.3 Å². The van der Waals surface area contributed by atoms with Gasteiger partial charge in [0.05, 0.1) is 5.56 Å². The van der Waals surface area contributed by atoms with Crippen molar-refractivity contribution >= 4 is 5.91 Å². The molecule has 2 rings (SSSR count). The summed E-state index contributed by atoms with van der Waals surface area (Å²) in [6, 6.07) is 11.1. The second-order valence-electron chi connectivity index (χ2n) is 4.53. The molecule has 21 heavy (non-hydrogen) atoms. The van der Waals surface area contributed by atoms with Crippen molar-refractivity contribution in [3.63, 3.8) is 0 Å². The molecule has 0 aliphatic carbocycles. The molecule has 0 radical (unpaired) electrons. The Morgan fingerprint density at radius 1 is 1.24 bits per heavy atom. The molecule has 2 aromatic rings. The van der Waals surface area contributed by atoms with Gasteiger partial charge in [-0.05, 0) is 36.8 Å². The summed E-state index contributed by atoms with van der Waals surface area (Å²) in [5.74, 6) is 5.26. The van der Waals surface area contributed by atoms with Crippen molar-refractivity contribution in [3.8, 4) is 11.8 Å². The molecular weight excluding hydrogens is 264 g/mol. The normalized spacial score (nSPS) is 9.62. The number of benzene rings is 1. The zero-order valence-electron chi connectivity index (χ0n) is 11.8. The van der Waals surface area contributed by atoms with Gasteiger partial charge in [-0.15, -0.1) is 0 Å². The van der Waals surface area contributed by atoms with Crippen molar-refractivity contribution in [2.45, 2.75) is 13.5 Å². The van der Waals surface area contributed by atoms with E-state index in [9.17, 15) is 4.79 Å². The van der Waals surface area contributed by atoms with Gasteiger partial charge in [-0.2, -0.15) is 0 Å². The maximum absolute atomic E-state index is 11.9. The van der Waals surface area contributed by atoms with E-state index in [4.69, 9.17) is 5.11 Å². The first kappa shape index (κ1) is 14.8. The van der Waals surface area contributed by atoms with E-state index in [1.807, 2.05) is 37.3 Å². The predicted molar refractivity (Wildman–Crippen MR) is 80.6 cm³/mol. The molecule has 4 heteroatoms. The number of carbonyl (C=O) groups is 1. The second kappa shape index (κ2) is 7.22. The molecule has 0 spiro atoms. The van der Waals surface area contributed by atoms with Crippen LogP contribution in [0.5, 0.6) is 0 Å². The third-order valence-corrected chi connectivity index (χ3v) is 2.89. The summed E-state index contributed by atoms with van der Waals surface area (Å²) >= 11 is 0. The van der Waals surface area contributed by atoms with Crippen molar-refractivity contribution in [2.75, 3.05) is 6.61 Å². The van der Waals surface area contributed by atoms with Crippen LogP contribution in [0.25, 0.3) is 0 Å². The van der Waals surface area contributed by atoms with Gasteiger partial charge in [-0.1, -0.05) is 24.0 Å². The van der Waals surface area contributed by atoms with Gasteiger partial charge in [-0.25, -0.2) is 0 Å². The molecule has 106 valence electrons. The summed E-state index contributed by atoms with van der Waals surface area (Å²) in [7, 11) is 0. The fourth-order valence-corrected chi connectivity index (χ4v) is 1.73. The van der Waals surface area contributed by atoms with Gasteiger partial charge in [0.1, 0.15) is 6.61 Å². The lowest BCUT2D eigenvalue weighted by Gasteiger charge is -2.05. The second-order valence-corrected chi connectivity index (χ2v) is 4.53. The molecule has 0 aliphatic heterocycles. The van der Waals surface area contributed by atoms with Gasteiger partial charge in [0.2, 0.25) is 0 Å². The largest absolute Gasteiger partial charge is 0.384 e. The average molecular weight is 280 g/mol. The third-order valence-electron chi connectivity index (χ3n) is 2.89. The number of hydrogen-bond acceptors (Lipinski definition) is 3. The summed E-state index contributed by atoms with van der Waals surface area (Å²) < 4.78 is 0. The summed E-state index contributed by atoms with van der Waals surface area (Å²) in [5, 5.41) is 11.5. The molecule has 0 unspecified atom stereocenters. The van der Waals surface area contributed by atoms with E-state index >= 15 is 0 Å². The van der Waals surface area contributed by atoms with E-state index in [0.29, 0.717) is 12.1 Å². The van der Waals surface area contributed by atoms with Crippen LogP contribution in [0, 0.1) is 18.8 Å². The first-order chi connectivity index (χ1) is 10.2. The molecule has 0 fully saturated rings. The third kappa shape index (κ3) is 4.44. The minimum absolute atomic E-state index is 0.147. The molecule has 0 saturated heterocycles. The van der Waals surface area contributed by atoms with Gasteiger partial charge in [0.25, 0.3) is 5.91 Å². The fraction of sp³-hybridized carbons (Fsp3) is 0.176. The lowest BCUT2D eigenvalue weighted by atomic mass is 10.1. The van der Waals surface area contributed by atoms with Crippen LogP contribution in [0.2, 0.25) is 0 Å². The number of carbonyl (C=O) groups excluding carboxylic acids is 1. The van der Waals surface area contributed by atoms with E-state index in [-0.39, 0.29) is 12.5 Å². The molecule has 0 atom stereocenters.